The van der Waals surface area contributed by atoms with Crippen LogP contribution in [0.1, 0.15) is 47.7 Å². The number of nitrogens with zero attached hydrogens (tertiary/aromatic N) is 1. The van der Waals surface area contributed by atoms with Crippen LogP contribution in [0.3, 0.4) is 0 Å². The minimum atomic E-state index is -1.85. The van der Waals surface area contributed by atoms with E-state index in [1.807, 2.05) is 17.0 Å². The molecule has 0 aromatic heterocycles. The van der Waals surface area contributed by atoms with E-state index in [2.05, 4.69) is 12.2 Å². The molecule has 5 nitrogen and oxygen atoms in total. The van der Waals surface area contributed by atoms with Gasteiger partial charge in [0.25, 0.3) is 11.8 Å². The Labute approximate surface area is 188 Å². The Kier molecular flexibility index (Phi) is 6.37. The summed E-state index contributed by atoms with van der Waals surface area (Å²) in [5.41, 5.74) is 0.228. The van der Waals surface area contributed by atoms with Gasteiger partial charge >= 0.3 is 0 Å². The molecule has 0 aliphatic carbocycles. The van der Waals surface area contributed by atoms with Crippen LogP contribution in [0.5, 0.6) is 0 Å². The molecule has 3 aromatic rings. The van der Waals surface area contributed by atoms with Crippen LogP contribution in [-0.2, 0) is 10.4 Å². The van der Waals surface area contributed by atoms with Gasteiger partial charge in [0.2, 0.25) is 0 Å². The third-order valence-electron chi connectivity index (χ3n) is 6.17. The lowest BCUT2D eigenvalue weighted by molar-refractivity contribution is -0.131. The maximum atomic E-state index is 13.3. The predicted octanol–water partition coefficient (Wildman–Crippen LogP) is 4.58. The molecule has 2 amide bonds. The monoisotopic (exact) mass is 428 g/mol. The smallest absolute Gasteiger partial charge is 0.265 e. The number of hydrogen-bond acceptors (Lipinski definition) is 3. The van der Waals surface area contributed by atoms with Crippen LogP contribution in [-0.4, -0.2) is 34.4 Å². The van der Waals surface area contributed by atoms with Crippen molar-refractivity contribution >= 4 is 17.5 Å². The first kappa shape index (κ1) is 21.8. The quantitative estimate of drug-likeness (QED) is 0.625. The van der Waals surface area contributed by atoms with E-state index in [0.717, 1.165) is 25.8 Å². The van der Waals surface area contributed by atoms with Crippen molar-refractivity contribution in [3.8, 4) is 0 Å². The van der Waals surface area contributed by atoms with Gasteiger partial charge < -0.3 is 15.3 Å². The van der Waals surface area contributed by atoms with Crippen LogP contribution in [0.4, 0.5) is 5.69 Å². The maximum absolute atomic E-state index is 13.3. The van der Waals surface area contributed by atoms with Crippen LogP contribution in [0.25, 0.3) is 0 Å². The Balaban J connectivity index is 1.56. The fourth-order valence-corrected chi connectivity index (χ4v) is 4.27. The topological polar surface area (TPSA) is 69.6 Å². The molecule has 0 radical (unpaired) electrons. The van der Waals surface area contributed by atoms with E-state index in [0.29, 0.717) is 22.4 Å². The summed E-state index contributed by atoms with van der Waals surface area (Å²) in [6.07, 6.45) is 3.21. The molecule has 1 saturated heterocycles. The number of anilines is 1. The molecule has 0 bridgehead atoms. The number of amides is 2. The van der Waals surface area contributed by atoms with Crippen LogP contribution in [0, 0.1) is 0 Å². The second-order valence-electron chi connectivity index (χ2n) is 8.32. The summed E-state index contributed by atoms with van der Waals surface area (Å²) in [5, 5.41) is 14.4. The largest absolute Gasteiger partial charge is 0.372 e. The lowest BCUT2D eigenvalue weighted by Crippen LogP contribution is -2.42. The Hall–Kier alpha value is -3.44. The van der Waals surface area contributed by atoms with Gasteiger partial charge in [-0.05, 0) is 61.6 Å². The van der Waals surface area contributed by atoms with E-state index in [-0.39, 0.29) is 11.9 Å². The molecular weight excluding hydrogens is 400 g/mol. The molecule has 1 aliphatic rings. The minimum absolute atomic E-state index is 0.0140. The Morgan fingerprint density at radius 1 is 0.875 bits per heavy atom. The van der Waals surface area contributed by atoms with Crippen molar-refractivity contribution in [2.45, 2.75) is 37.8 Å². The number of hydrogen-bond donors (Lipinski definition) is 2. The van der Waals surface area contributed by atoms with Gasteiger partial charge in [-0.25, -0.2) is 0 Å². The van der Waals surface area contributed by atoms with Crippen molar-refractivity contribution < 1.29 is 14.7 Å². The minimum Gasteiger partial charge on any atom is -0.372 e. The lowest BCUT2D eigenvalue weighted by Gasteiger charge is -2.33. The van der Waals surface area contributed by atoms with Crippen molar-refractivity contribution in [1.82, 2.24) is 4.90 Å². The number of likely N-dealkylation sites (tertiary alicyclic amines) is 1. The second-order valence-corrected chi connectivity index (χ2v) is 8.32. The highest BCUT2D eigenvalue weighted by Crippen LogP contribution is 2.31. The zero-order valence-electron chi connectivity index (χ0n) is 18.2. The summed E-state index contributed by atoms with van der Waals surface area (Å²) >= 11 is 0. The van der Waals surface area contributed by atoms with E-state index in [1.54, 1.807) is 72.8 Å². The van der Waals surface area contributed by atoms with Crippen LogP contribution in [0.15, 0.2) is 84.9 Å². The molecule has 164 valence electrons. The van der Waals surface area contributed by atoms with E-state index in [1.165, 1.54) is 0 Å². The van der Waals surface area contributed by atoms with E-state index in [9.17, 15) is 14.7 Å². The number of nitrogens with one attached hydrogen (secondary N) is 1. The highest BCUT2D eigenvalue weighted by Gasteiger charge is 2.39. The van der Waals surface area contributed by atoms with E-state index in [4.69, 9.17) is 0 Å². The third kappa shape index (κ3) is 4.30. The van der Waals surface area contributed by atoms with Gasteiger partial charge in [0.15, 0.2) is 5.60 Å². The summed E-state index contributed by atoms with van der Waals surface area (Å²) in [6, 6.07) is 24.9. The highest BCUT2D eigenvalue weighted by atomic mass is 16.3. The Morgan fingerprint density at radius 2 is 1.44 bits per heavy atom. The molecule has 4 rings (SSSR count). The van der Waals surface area contributed by atoms with Gasteiger partial charge in [0.05, 0.1) is 0 Å². The fraction of sp³-hybridized carbons (Fsp3) is 0.259. The number of carbonyl (C=O) groups is 2. The first-order valence-electron chi connectivity index (χ1n) is 11.1. The molecule has 0 saturated carbocycles. The molecule has 0 spiro atoms. The van der Waals surface area contributed by atoms with Gasteiger partial charge in [-0.2, -0.15) is 0 Å². The average Bonchev–Trinajstić information content (AvgIpc) is 2.85. The van der Waals surface area contributed by atoms with Crippen molar-refractivity contribution in [1.29, 1.82) is 0 Å². The summed E-state index contributed by atoms with van der Waals surface area (Å²) in [6.45, 7) is 2.86. The van der Waals surface area contributed by atoms with Crippen molar-refractivity contribution in [3.63, 3.8) is 0 Å². The fourth-order valence-electron chi connectivity index (χ4n) is 4.27. The number of aliphatic hydroxyl groups is 1. The molecule has 5 heteroatoms. The zero-order valence-corrected chi connectivity index (χ0v) is 18.2. The van der Waals surface area contributed by atoms with E-state index >= 15 is 0 Å². The van der Waals surface area contributed by atoms with Gasteiger partial charge in [0.1, 0.15) is 0 Å². The SMILES string of the molecule is C[C@@H]1CCCCN1C(=O)c1ccc(NC(=O)C(O)(c2ccccc2)c2ccccc2)cc1. The standard InChI is InChI=1S/C27H28N2O3/c1-20-10-8-9-19-29(20)25(30)21-15-17-24(18-16-21)28-26(31)27(32,22-11-4-2-5-12-22)23-13-6-3-7-14-23/h2-7,11-18,20,32H,8-10,19H2,1H3,(H,28,31)/t20-/m1/s1. The van der Waals surface area contributed by atoms with Gasteiger partial charge in [-0.3, -0.25) is 9.59 Å². The van der Waals surface area contributed by atoms with Gasteiger partial charge in [-0.15, -0.1) is 0 Å². The number of piperidine rings is 1. The third-order valence-corrected chi connectivity index (χ3v) is 6.17. The summed E-state index contributed by atoms with van der Waals surface area (Å²) in [7, 11) is 0. The van der Waals surface area contributed by atoms with Crippen LogP contribution < -0.4 is 5.32 Å². The molecule has 1 atom stereocenters. The molecule has 3 aromatic carbocycles. The maximum Gasteiger partial charge on any atom is 0.265 e. The molecule has 0 unspecified atom stereocenters. The predicted molar refractivity (Wildman–Crippen MR) is 125 cm³/mol. The Morgan fingerprint density at radius 3 is 1.97 bits per heavy atom. The molecule has 2 N–H and O–H groups in total. The summed E-state index contributed by atoms with van der Waals surface area (Å²) in [4.78, 5) is 28.1. The number of rotatable bonds is 5. The first-order chi connectivity index (χ1) is 15.5. The zero-order chi connectivity index (χ0) is 22.6. The number of carbonyl (C=O) groups excluding carboxylic acids is 2. The van der Waals surface area contributed by atoms with Crippen molar-refractivity contribution in [2.24, 2.45) is 0 Å². The summed E-state index contributed by atoms with van der Waals surface area (Å²) in [5.74, 6) is -0.543. The van der Waals surface area contributed by atoms with Crippen molar-refractivity contribution in [3.05, 3.63) is 102 Å². The molecule has 1 aliphatic heterocycles. The second kappa shape index (κ2) is 9.37. The first-order valence-corrected chi connectivity index (χ1v) is 11.1. The summed E-state index contributed by atoms with van der Waals surface area (Å²) < 4.78 is 0. The van der Waals surface area contributed by atoms with E-state index < -0.39 is 11.5 Å². The number of benzene rings is 3. The molecular formula is C27H28N2O3. The van der Waals surface area contributed by atoms with Crippen LogP contribution in [0.2, 0.25) is 0 Å². The Bertz CT molecular complexity index is 1030. The van der Waals surface area contributed by atoms with Crippen molar-refractivity contribution in [2.75, 3.05) is 11.9 Å². The van der Waals surface area contributed by atoms with Gasteiger partial charge in [0, 0.05) is 23.8 Å². The lowest BCUT2D eigenvalue weighted by atomic mass is 9.85. The molecule has 1 heterocycles. The average molecular weight is 429 g/mol. The molecule has 32 heavy (non-hydrogen) atoms. The molecule has 1 fully saturated rings. The van der Waals surface area contributed by atoms with Gasteiger partial charge in [-0.1, -0.05) is 60.7 Å². The normalized spacial score (nSPS) is 16.4. The van der Waals surface area contributed by atoms with Crippen LogP contribution >= 0.6 is 0 Å². The highest BCUT2D eigenvalue weighted by molar-refractivity contribution is 6.01.